The Hall–Kier alpha value is -2.47. The number of imidazole rings is 2. The number of rotatable bonds is 4. The lowest BCUT2D eigenvalue weighted by molar-refractivity contribution is 0.415. The monoisotopic (exact) mass is 310 g/mol. The van der Waals surface area contributed by atoms with Crippen LogP contribution in [0.1, 0.15) is 5.69 Å². The van der Waals surface area contributed by atoms with Gasteiger partial charge in [-0.3, -0.25) is 0 Å². The lowest BCUT2D eigenvalue weighted by Crippen LogP contribution is -1.81. The first kappa shape index (κ1) is 13.2. The molecule has 1 N–H and O–H groups in total. The molecule has 5 nitrogen and oxygen atoms in total. The molecule has 4 rings (SSSR count). The number of fused-ring (bicyclic) bond motifs is 2. The number of thioether (sulfide) groups is 1. The quantitative estimate of drug-likeness (QED) is 0.586. The average molecular weight is 310 g/mol. The Labute approximate surface area is 131 Å². The van der Waals surface area contributed by atoms with Crippen molar-refractivity contribution in [2.24, 2.45) is 0 Å². The maximum Gasteiger partial charge on any atom is 0.166 e. The molecule has 110 valence electrons. The van der Waals surface area contributed by atoms with Crippen molar-refractivity contribution >= 4 is 28.4 Å². The Bertz CT molecular complexity index is 911. The zero-order valence-corrected chi connectivity index (χ0v) is 12.8. The minimum atomic E-state index is 0.776. The van der Waals surface area contributed by atoms with Crippen molar-refractivity contribution in [2.45, 2.75) is 10.9 Å². The zero-order valence-electron chi connectivity index (χ0n) is 12.0. The molecule has 0 unspecified atom stereocenters. The van der Waals surface area contributed by atoms with Gasteiger partial charge >= 0.3 is 0 Å². The number of nitrogens with zero attached hydrogens (tertiary/aromatic N) is 3. The molecule has 0 saturated carbocycles. The molecule has 0 saturated heterocycles. The van der Waals surface area contributed by atoms with Crippen molar-refractivity contribution in [3.05, 3.63) is 54.5 Å². The maximum atomic E-state index is 5.23. The van der Waals surface area contributed by atoms with E-state index < -0.39 is 0 Å². The van der Waals surface area contributed by atoms with Gasteiger partial charge in [-0.1, -0.05) is 17.8 Å². The molecule has 0 radical (unpaired) electrons. The van der Waals surface area contributed by atoms with Gasteiger partial charge in [-0.05, 0) is 24.3 Å². The average Bonchev–Trinajstić information content (AvgIpc) is 3.14. The van der Waals surface area contributed by atoms with E-state index in [2.05, 4.69) is 15.0 Å². The van der Waals surface area contributed by atoms with Gasteiger partial charge in [0, 0.05) is 24.2 Å². The van der Waals surface area contributed by atoms with E-state index in [1.54, 1.807) is 18.9 Å². The highest BCUT2D eigenvalue weighted by Gasteiger charge is 2.07. The molecule has 0 aliphatic rings. The number of methoxy groups -OCH3 is 1. The van der Waals surface area contributed by atoms with E-state index in [1.807, 2.05) is 53.2 Å². The van der Waals surface area contributed by atoms with E-state index in [-0.39, 0.29) is 0 Å². The molecule has 0 spiro atoms. The van der Waals surface area contributed by atoms with Gasteiger partial charge in [-0.25, -0.2) is 9.97 Å². The van der Waals surface area contributed by atoms with Crippen molar-refractivity contribution in [3.8, 4) is 5.75 Å². The molecular formula is C16H14N4OS. The summed E-state index contributed by atoms with van der Waals surface area (Å²) in [4.78, 5) is 12.5. The van der Waals surface area contributed by atoms with Crippen LogP contribution in [0.15, 0.2) is 53.9 Å². The van der Waals surface area contributed by atoms with Gasteiger partial charge in [-0.15, -0.1) is 0 Å². The van der Waals surface area contributed by atoms with Crippen LogP contribution in [-0.2, 0) is 5.75 Å². The van der Waals surface area contributed by atoms with Gasteiger partial charge in [0.05, 0.1) is 23.8 Å². The summed E-state index contributed by atoms with van der Waals surface area (Å²) in [6.45, 7) is 0. The van der Waals surface area contributed by atoms with Crippen LogP contribution in [0, 0.1) is 0 Å². The Morgan fingerprint density at radius 2 is 2.18 bits per heavy atom. The number of aromatic nitrogens is 4. The van der Waals surface area contributed by atoms with Crippen LogP contribution in [0.3, 0.4) is 0 Å². The van der Waals surface area contributed by atoms with Crippen LogP contribution in [0.4, 0.5) is 0 Å². The maximum absolute atomic E-state index is 5.23. The number of ether oxygens (including phenoxy) is 1. The summed E-state index contributed by atoms with van der Waals surface area (Å²) in [7, 11) is 1.66. The van der Waals surface area contributed by atoms with Crippen LogP contribution >= 0.6 is 11.8 Å². The smallest absolute Gasteiger partial charge is 0.166 e. The van der Waals surface area contributed by atoms with Crippen LogP contribution < -0.4 is 4.74 Å². The number of benzene rings is 1. The molecule has 0 amide bonds. The first-order chi connectivity index (χ1) is 10.8. The summed E-state index contributed by atoms with van der Waals surface area (Å²) in [6.07, 6.45) is 4.05. The Morgan fingerprint density at radius 1 is 1.23 bits per heavy atom. The van der Waals surface area contributed by atoms with Crippen LogP contribution in [-0.4, -0.2) is 26.5 Å². The van der Waals surface area contributed by atoms with E-state index in [9.17, 15) is 0 Å². The normalized spacial score (nSPS) is 11.3. The highest BCUT2D eigenvalue weighted by Crippen LogP contribution is 2.25. The summed E-state index contributed by atoms with van der Waals surface area (Å²) < 4.78 is 7.25. The SMILES string of the molecule is COc1ccc2nc(SCc3cn4ccccc4n3)[nH]c2c1. The molecule has 6 heteroatoms. The summed E-state index contributed by atoms with van der Waals surface area (Å²) >= 11 is 1.64. The van der Waals surface area contributed by atoms with Crippen LogP contribution in [0.2, 0.25) is 0 Å². The Balaban J connectivity index is 1.55. The number of hydrogen-bond acceptors (Lipinski definition) is 4. The highest BCUT2D eigenvalue weighted by molar-refractivity contribution is 7.98. The number of H-pyrrole nitrogens is 1. The second-order valence-corrected chi connectivity index (χ2v) is 5.88. The van der Waals surface area contributed by atoms with Crippen molar-refractivity contribution in [3.63, 3.8) is 0 Å². The minimum Gasteiger partial charge on any atom is -0.497 e. The van der Waals surface area contributed by atoms with Gasteiger partial charge in [0.15, 0.2) is 5.16 Å². The Morgan fingerprint density at radius 3 is 3.05 bits per heavy atom. The third-order valence-corrected chi connectivity index (χ3v) is 4.34. The molecular weight excluding hydrogens is 296 g/mol. The fourth-order valence-electron chi connectivity index (χ4n) is 2.36. The van der Waals surface area contributed by atoms with E-state index >= 15 is 0 Å². The summed E-state index contributed by atoms with van der Waals surface area (Å²) in [5.74, 6) is 1.60. The van der Waals surface area contributed by atoms with E-state index in [1.165, 1.54) is 0 Å². The topological polar surface area (TPSA) is 55.2 Å². The third-order valence-electron chi connectivity index (χ3n) is 3.44. The van der Waals surface area contributed by atoms with Crippen molar-refractivity contribution in [2.75, 3.05) is 7.11 Å². The highest BCUT2D eigenvalue weighted by atomic mass is 32.2. The summed E-state index contributed by atoms with van der Waals surface area (Å²) in [5, 5.41) is 0.889. The van der Waals surface area contributed by atoms with Gasteiger partial charge in [0.1, 0.15) is 11.4 Å². The molecule has 22 heavy (non-hydrogen) atoms. The number of nitrogens with one attached hydrogen (secondary N) is 1. The molecule has 0 fully saturated rings. The van der Waals surface area contributed by atoms with Gasteiger partial charge in [-0.2, -0.15) is 0 Å². The fourth-order valence-corrected chi connectivity index (χ4v) is 3.13. The molecule has 1 aromatic carbocycles. The van der Waals surface area contributed by atoms with E-state index in [0.29, 0.717) is 0 Å². The summed E-state index contributed by atoms with van der Waals surface area (Å²) in [6, 6.07) is 11.8. The van der Waals surface area contributed by atoms with Crippen molar-refractivity contribution in [1.82, 2.24) is 19.4 Å². The van der Waals surface area contributed by atoms with Crippen LogP contribution in [0.25, 0.3) is 16.7 Å². The van der Waals surface area contributed by atoms with E-state index in [4.69, 9.17) is 4.74 Å². The molecule has 0 aliphatic heterocycles. The van der Waals surface area contributed by atoms with Gasteiger partial charge < -0.3 is 14.1 Å². The largest absolute Gasteiger partial charge is 0.497 e. The minimum absolute atomic E-state index is 0.776. The second kappa shape index (κ2) is 5.38. The first-order valence-corrected chi connectivity index (χ1v) is 7.89. The molecule has 0 bridgehead atoms. The zero-order chi connectivity index (χ0) is 14.9. The lowest BCUT2D eigenvalue weighted by Gasteiger charge is -1.96. The van der Waals surface area contributed by atoms with E-state index in [0.717, 1.165) is 39.0 Å². The predicted octanol–water partition coefficient (Wildman–Crippen LogP) is 3.51. The van der Waals surface area contributed by atoms with Crippen molar-refractivity contribution < 1.29 is 4.74 Å². The lowest BCUT2D eigenvalue weighted by atomic mass is 10.3. The van der Waals surface area contributed by atoms with Gasteiger partial charge in [0.2, 0.25) is 0 Å². The predicted molar refractivity (Wildman–Crippen MR) is 87.4 cm³/mol. The second-order valence-electron chi connectivity index (χ2n) is 4.91. The molecule has 4 aromatic rings. The number of aromatic amines is 1. The molecule has 0 atom stereocenters. The number of hydrogen-bond donors (Lipinski definition) is 1. The van der Waals surface area contributed by atoms with Crippen molar-refractivity contribution in [1.29, 1.82) is 0 Å². The Kier molecular flexibility index (Phi) is 3.23. The number of pyridine rings is 1. The first-order valence-electron chi connectivity index (χ1n) is 6.91. The summed E-state index contributed by atoms with van der Waals surface area (Å²) in [5.41, 5.74) is 3.93. The molecule has 3 heterocycles. The van der Waals surface area contributed by atoms with Crippen LogP contribution in [0.5, 0.6) is 5.75 Å². The standard InChI is InChI=1S/C16H14N4OS/c1-21-12-5-6-13-14(8-12)19-16(18-13)22-10-11-9-20-7-3-2-4-15(20)17-11/h2-9H,10H2,1H3,(H,18,19). The fraction of sp³-hybridized carbons (Fsp3) is 0.125. The van der Waals surface area contributed by atoms with Gasteiger partial charge in [0.25, 0.3) is 0 Å². The molecule has 0 aliphatic carbocycles. The molecule has 3 aromatic heterocycles. The third kappa shape index (κ3) is 2.42.